The van der Waals surface area contributed by atoms with Crippen LogP contribution in [0.5, 0.6) is 0 Å². The van der Waals surface area contributed by atoms with E-state index in [9.17, 15) is 4.79 Å². The van der Waals surface area contributed by atoms with Crippen LogP contribution in [-0.4, -0.2) is 42.3 Å². The molecular weight excluding hydrogens is 404 g/mol. The fraction of sp³-hybridized carbons (Fsp3) is 0.632. The van der Waals surface area contributed by atoms with E-state index in [0.717, 1.165) is 28.1 Å². The van der Waals surface area contributed by atoms with Gasteiger partial charge in [-0.15, -0.1) is 0 Å². The molecule has 0 bridgehead atoms. The molecule has 0 aromatic heterocycles. The molecule has 1 amide bonds. The smallest absolute Gasteiger partial charge is 0.410 e. The zero-order valence-electron chi connectivity index (χ0n) is 15.5. The number of ether oxygens (including phenoxy) is 1. The van der Waals surface area contributed by atoms with Crippen molar-refractivity contribution in [3.8, 4) is 0 Å². The van der Waals surface area contributed by atoms with E-state index in [2.05, 4.69) is 34.7 Å². The van der Waals surface area contributed by atoms with Gasteiger partial charge in [0, 0.05) is 36.1 Å². The summed E-state index contributed by atoms with van der Waals surface area (Å²) >= 11 is 10.3. The molecule has 0 spiro atoms. The predicted octanol–water partition coefficient (Wildman–Crippen LogP) is 5.21. The van der Waals surface area contributed by atoms with Crippen molar-refractivity contribution in [1.29, 1.82) is 0 Å². The summed E-state index contributed by atoms with van der Waals surface area (Å²) in [6.45, 7) is 12.3. The normalized spacial score (nSPS) is 19.9. The first-order chi connectivity index (χ1) is 11.6. The Labute approximate surface area is 163 Å². The summed E-state index contributed by atoms with van der Waals surface area (Å²) in [7, 11) is 0. The standard InChI is InChI=1S/C19H26BrClN2O2/c1-11(2)23-10-12-9-22(18(24)25-19(3,4)5)7-6-13-14(20)8-15(21)17(23)16(12)13/h8,11-12H,6-7,9-10H2,1-5H3/t12-/m0/s1. The Balaban J connectivity index is 1.97. The minimum absolute atomic E-state index is 0.230. The van der Waals surface area contributed by atoms with Crippen LogP contribution in [0.25, 0.3) is 0 Å². The largest absolute Gasteiger partial charge is 0.444 e. The van der Waals surface area contributed by atoms with Crippen molar-refractivity contribution in [2.45, 2.75) is 58.6 Å². The maximum atomic E-state index is 12.6. The summed E-state index contributed by atoms with van der Waals surface area (Å²) in [4.78, 5) is 16.8. The molecule has 0 radical (unpaired) electrons. The lowest BCUT2D eigenvalue weighted by molar-refractivity contribution is 0.0247. The maximum Gasteiger partial charge on any atom is 0.410 e. The first-order valence-corrected chi connectivity index (χ1v) is 10.0. The van der Waals surface area contributed by atoms with Gasteiger partial charge >= 0.3 is 6.09 Å². The van der Waals surface area contributed by atoms with Gasteiger partial charge in [-0.25, -0.2) is 4.79 Å². The monoisotopic (exact) mass is 428 g/mol. The van der Waals surface area contributed by atoms with E-state index in [1.54, 1.807) is 0 Å². The van der Waals surface area contributed by atoms with Crippen molar-refractivity contribution >= 4 is 39.3 Å². The van der Waals surface area contributed by atoms with Gasteiger partial charge in [-0.2, -0.15) is 0 Å². The number of halogens is 2. The molecule has 2 heterocycles. The van der Waals surface area contributed by atoms with Gasteiger partial charge in [-0.1, -0.05) is 27.5 Å². The maximum absolute atomic E-state index is 12.6. The van der Waals surface area contributed by atoms with Crippen LogP contribution in [0.15, 0.2) is 10.5 Å². The second-order valence-corrected chi connectivity index (χ2v) is 9.46. The molecule has 1 atom stereocenters. The van der Waals surface area contributed by atoms with Crippen LogP contribution in [0.4, 0.5) is 10.5 Å². The van der Waals surface area contributed by atoms with Crippen LogP contribution >= 0.6 is 27.5 Å². The Morgan fingerprint density at radius 3 is 2.64 bits per heavy atom. The number of rotatable bonds is 1. The Morgan fingerprint density at radius 1 is 1.36 bits per heavy atom. The molecule has 2 aliphatic heterocycles. The van der Waals surface area contributed by atoms with E-state index in [0.29, 0.717) is 19.1 Å². The van der Waals surface area contributed by atoms with Crippen LogP contribution in [-0.2, 0) is 11.2 Å². The van der Waals surface area contributed by atoms with Crippen molar-refractivity contribution in [3.05, 3.63) is 26.7 Å². The molecule has 1 aromatic rings. The van der Waals surface area contributed by atoms with Gasteiger partial charge in [-0.05, 0) is 58.2 Å². The van der Waals surface area contributed by atoms with Crippen LogP contribution in [0.1, 0.15) is 51.7 Å². The van der Waals surface area contributed by atoms with E-state index < -0.39 is 5.60 Å². The summed E-state index contributed by atoms with van der Waals surface area (Å²) in [5.41, 5.74) is 3.24. The van der Waals surface area contributed by atoms with Crippen LogP contribution in [0, 0.1) is 0 Å². The van der Waals surface area contributed by atoms with Crippen LogP contribution < -0.4 is 4.90 Å². The highest BCUT2D eigenvalue weighted by Crippen LogP contribution is 2.48. The number of anilines is 1. The number of benzene rings is 1. The summed E-state index contributed by atoms with van der Waals surface area (Å²) < 4.78 is 6.64. The molecular formula is C19H26BrClN2O2. The van der Waals surface area contributed by atoms with Gasteiger partial charge in [0.2, 0.25) is 0 Å². The van der Waals surface area contributed by atoms with Crippen molar-refractivity contribution in [3.63, 3.8) is 0 Å². The second-order valence-electron chi connectivity index (χ2n) is 8.20. The van der Waals surface area contributed by atoms with Gasteiger partial charge in [0.25, 0.3) is 0 Å². The highest BCUT2D eigenvalue weighted by molar-refractivity contribution is 9.10. The lowest BCUT2D eigenvalue weighted by Gasteiger charge is -2.29. The number of amides is 1. The molecule has 0 saturated carbocycles. The molecule has 25 heavy (non-hydrogen) atoms. The molecule has 1 aromatic carbocycles. The lowest BCUT2D eigenvalue weighted by atomic mass is 9.95. The molecule has 4 nitrogen and oxygen atoms in total. The fourth-order valence-electron chi connectivity index (χ4n) is 3.79. The van der Waals surface area contributed by atoms with E-state index in [1.165, 1.54) is 11.1 Å². The third kappa shape index (κ3) is 3.63. The average molecular weight is 430 g/mol. The lowest BCUT2D eigenvalue weighted by Crippen LogP contribution is -2.40. The Hall–Kier alpha value is -0.940. The minimum atomic E-state index is -0.481. The van der Waals surface area contributed by atoms with E-state index in [-0.39, 0.29) is 12.0 Å². The van der Waals surface area contributed by atoms with E-state index in [4.69, 9.17) is 16.3 Å². The highest BCUT2D eigenvalue weighted by Gasteiger charge is 2.39. The number of hydrogen-bond donors (Lipinski definition) is 0. The Kier molecular flexibility index (Phi) is 5.02. The second kappa shape index (κ2) is 6.66. The first-order valence-electron chi connectivity index (χ1n) is 8.84. The molecule has 0 saturated heterocycles. The SMILES string of the molecule is CC(C)N1C[C@@H]2CN(C(=O)OC(C)(C)C)CCc3c(Br)cc(Cl)c1c32. The van der Waals surface area contributed by atoms with Gasteiger partial charge in [0.1, 0.15) is 5.60 Å². The topological polar surface area (TPSA) is 32.8 Å². The van der Waals surface area contributed by atoms with E-state index >= 15 is 0 Å². The number of carbonyl (C=O) groups excluding carboxylic acids is 1. The van der Waals surface area contributed by atoms with Crippen molar-refractivity contribution in [2.24, 2.45) is 0 Å². The highest BCUT2D eigenvalue weighted by atomic mass is 79.9. The molecule has 0 aliphatic carbocycles. The van der Waals surface area contributed by atoms with Gasteiger partial charge in [0.05, 0.1) is 10.7 Å². The third-order valence-corrected chi connectivity index (χ3v) is 5.80. The quantitative estimate of drug-likeness (QED) is 0.614. The molecule has 0 N–H and O–H groups in total. The zero-order valence-corrected chi connectivity index (χ0v) is 17.9. The first kappa shape index (κ1) is 18.8. The summed E-state index contributed by atoms with van der Waals surface area (Å²) in [5, 5.41) is 0.785. The minimum Gasteiger partial charge on any atom is -0.444 e. The predicted molar refractivity (Wildman–Crippen MR) is 106 cm³/mol. The van der Waals surface area contributed by atoms with Crippen molar-refractivity contribution in [2.75, 3.05) is 24.5 Å². The molecule has 6 heteroatoms. The summed E-state index contributed by atoms with van der Waals surface area (Å²) in [6.07, 6.45) is 0.578. The van der Waals surface area contributed by atoms with Gasteiger partial charge in [-0.3, -0.25) is 0 Å². The molecule has 2 aliphatic rings. The van der Waals surface area contributed by atoms with Gasteiger partial charge in [0.15, 0.2) is 0 Å². The third-order valence-electron chi connectivity index (χ3n) is 4.81. The molecule has 0 fully saturated rings. The number of hydrogen-bond acceptors (Lipinski definition) is 3. The summed E-state index contributed by atoms with van der Waals surface area (Å²) in [6, 6.07) is 2.36. The van der Waals surface area contributed by atoms with Crippen LogP contribution in [0.2, 0.25) is 5.02 Å². The average Bonchev–Trinajstić information content (AvgIpc) is 2.73. The Bertz CT molecular complexity index is 700. The fourth-order valence-corrected chi connectivity index (χ4v) is 4.88. The number of nitrogens with zero attached hydrogens (tertiary/aromatic N) is 2. The zero-order chi connectivity index (χ0) is 18.5. The van der Waals surface area contributed by atoms with Crippen LogP contribution in [0.3, 0.4) is 0 Å². The van der Waals surface area contributed by atoms with Crippen molar-refractivity contribution < 1.29 is 9.53 Å². The Morgan fingerprint density at radius 2 is 2.04 bits per heavy atom. The van der Waals surface area contributed by atoms with Gasteiger partial charge < -0.3 is 14.5 Å². The number of carbonyl (C=O) groups is 1. The van der Waals surface area contributed by atoms with Crippen molar-refractivity contribution in [1.82, 2.24) is 4.90 Å². The summed E-state index contributed by atoms with van der Waals surface area (Å²) in [5.74, 6) is 0.261. The molecule has 0 unspecified atom stereocenters. The van der Waals surface area contributed by atoms with E-state index in [1.807, 2.05) is 31.7 Å². The molecule has 3 rings (SSSR count). The molecule has 138 valence electrons.